The van der Waals surface area contributed by atoms with Gasteiger partial charge in [-0.05, 0) is 54.8 Å². The Morgan fingerprint density at radius 2 is 1.94 bits per heavy atom. The molecule has 3 aromatic rings. The SMILES string of the molecule is O=C1COc2ccc(N3C[C@H](CCNCC4Cn5c(=O)ccc6ccc(F)c4c65)OC3=O)cc2N1. The average Bonchev–Trinajstić information content (AvgIpc) is 3.42. The third-order valence-corrected chi connectivity index (χ3v) is 6.76. The van der Waals surface area contributed by atoms with E-state index in [1.165, 1.54) is 17.0 Å². The molecular weight excluding hydrogens is 455 g/mol. The zero-order valence-corrected chi connectivity index (χ0v) is 18.8. The molecule has 9 nitrogen and oxygen atoms in total. The van der Waals surface area contributed by atoms with E-state index in [0.29, 0.717) is 60.8 Å². The maximum Gasteiger partial charge on any atom is 0.414 e. The lowest BCUT2D eigenvalue weighted by Gasteiger charge is -2.20. The first kappa shape index (κ1) is 21.6. The molecule has 0 spiro atoms. The minimum atomic E-state index is -0.447. The van der Waals surface area contributed by atoms with Crippen molar-refractivity contribution in [1.29, 1.82) is 0 Å². The van der Waals surface area contributed by atoms with E-state index >= 15 is 0 Å². The first-order valence-electron chi connectivity index (χ1n) is 11.6. The van der Waals surface area contributed by atoms with Gasteiger partial charge in [-0.25, -0.2) is 9.18 Å². The van der Waals surface area contributed by atoms with Gasteiger partial charge in [0.2, 0.25) is 0 Å². The Labute approximate surface area is 199 Å². The fraction of sp³-hybridized carbons (Fsp3) is 0.320. The van der Waals surface area contributed by atoms with Crippen LogP contribution in [0.15, 0.2) is 47.3 Å². The van der Waals surface area contributed by atoms with Gasteiger partial charge in [-0.15, -0.1) is 0 Å². The van der Waals surface area contributed by atoms with Crippen LogP contribution in [-0.4, -0.2) is 48.9 Å². The Balaban J connectivity index is 1.06. The summed E-state index contributed by atoms with van der Waals surface area (Å²) in [5.74, 6) is -0.128. The van der Waals surface area contributed by atoms with Crippen molar-refractivity contribution in [3.63, 3.8) is 0 Å². The largest absolute Gasteiger partial charge is 0.482 e. The van der Waals surface area contributed by atoms with E-state index in [-0.39, 0.29) is 35.9 Å². The van der Waals surface area contributed by atoms with Crippen LogP contribution < -0.4 is 25.8 Å². The van der Waals surface area contributed by atoms with Gasteiger partial charge in [-0.3, -0.25) is 14.5 Å². The van der Waals surface area contributed by atoms with Crippen LogP contribution in [0.2, 0.25) is 0 Å². The number of ether oxygens (including phenoxy) is 2. The fourth-order valence-corrected chi connectivity index (χ4v) is 5.11. The molecule has 0 saturated carbocycles. The van der Waals surface area contributed by atoms with Gasteiger partial charge in [0.1, 0.15) is 17.7 Å². The molecule has 0 aliphatic carbocycles. The Morgan fingerprint density at radius 1 is 1.09 bits per heavy atom. The molecule has 1 saturated heterocycles. The monoisotopic (exact) mass is 478 g/mol. The van der Waals surface area contributed by atoms with E-state index in [1.54, 1.807) is 34.9 Å². The summed E-state index contributed by atoms with van der Waals surface area (Å²) in [7, 11) is 0. The number of amides is 2. The fourth-order valence-electron chi connectivity index (χ4n) is 5.11. The van der Waals surface area contributed by atoms with Crippen LogP contribution in [0, 0.1) is 5.82 Å². The standard InChI is InChI=1S/C25H23FN4O5/c26-18-4-1-14-2-6-22(32)30-11-15(23(18)24(14)30)10-27-8-7-17-12-29(25(33)35-17)16-3-5-20-19(9-16)28-21(31)13-34-20/h1-6,9,15,17,27H,7-8,10-13H2,(H,28,31)/t15?,17-/m0/s1. The number of carbonyl (C=O) groups excluding carboxylic acids is 2. The van der Waals surface area contributed by atoms with Crippen molar-refractivity contribution in [1.82, 2.24) is 9.88 Å². The number of anilines is 2. The van der Waals surface area contributed by atoms with Crippen LogP contribution in [0.4, 0.5) is 20.6 Å². The van der Waals surface area contributed by atoms with Crippen molar-refractivity contribution >= 4 is 34.3 Å². The number of hydrogen-bond acceptors (Lipinski definition) is 6. The van der Waals surface area contributed by atoms with E-state index in [9.17, 15) is 18.8 Å². The highest BCUT2D eigenvalue weighted by Gasteiger charge is 2.33. The molecule has 35 heavy (non-hydrogen) atoms. The summed E-state index contributed by atoms with van der Waals surface area (Å²) >= 11 is 0. The molecule has 2 N–H and O–H groups in total. The number of nitrogens with zero attached hydrogens (tertiary/aromatic N) is 2. The summed E-state index contributed by atoms with van der Waals surface area (Å²) < 4.78 is 27.2. The van der Waals surface area contributed by atoms with E-state index in [2.05, 4.69) is 10.6 Å². The van der Waals surface area contributed by atoms with Gasteiger partial charge in [-0.2, -0.15) is 0 Å². The van der Waals surface area contributed by atoms with E-state index in [4.69, 9.17) is 9.47 Å². The first-order chi connectivity index (χ1) is 17.0. The van der Waals surface area contributed by atoms with Gasteiger partial charge in [0.15, 0.2) is 6.61 Å². The second-order valence-electron chi connectivity index (χ2n) is 9.00. The number of pyridine rings is 1. The summed E-state index contributed by atoms with van der Waals surface area (Å²) in [6, 6.07) is 11.6. The lowest BCUT2D eigenvalue weighted by atomic mass is 9.99. The molecule has 3 aliphatic heterocycles. The molecule has 6 rings (SSSR count). The minimum absolute atomic E-state index is 0.0291. The van der Waals surface area contributed by atoms with Gasteiger partial charge in [0.25, 0.3) is 11.5 Å². The van der Waals surface area contributed by atoms with Gasteiger partial charge < -0.3 is 24.7 Å². The average molecular weight is 478 g/mol. The number of rotatable bonds is 6. The molecular formula is C25H23FN4O5. The van der Waals surface area contributed by atoms with Crippen LogP contribution in [0.5, 0.6) is 5.75 Å². The minimum Gasteiger partial charge on any atom is -0.482 e. The lowest BCUT2D eigenvalue weighted by Crippen LogP contribution is -2.29. The lowest BCUT2D eigenvalue weighted by molar-refractivity contribution is -0.118. The van der Waals surface area contributed by atoms with Gasteiger partial charge in [-0.1, -0.05) is 0 Å². The van der Waals surface area contributed by atoms with E-state index < -0.39 is 6.09 Å². The third kappa shape index (κ3) is 3.79. The molecule has 1 fully saturated rings. The van der Waals surface area contributed by atoms with Crippen molar-refractivity contribution in [3.8, 4) is 5.75 Å². The molecule has 2 atom stereocenters. The van der Waals surface area contributed by atoms with Crippen molar-refractivity contribution in [3.05, 3.63) is 64.2 Å². The smallest absolute Gasteiger partial charge is 0.414 e. The molecule has 0 radical (unpaired) electrons. The van der Waals surface area contributed by atoms with Crippen molar-refractivity contribution in [2.24, 2.45) is 0 Å². The Hall–Kier alpha value is -3.92. The normalized spacial score (nSPS) is 20.5. The number of fused-ring (bicyclic) bond motifs is 1. The molecule has 1 aromatic heterocycles. The van der Waals surface area contributed by atoms with Crippen molar-refractivity contribution in [2.75, 3.05) is 36.5 Å². The Kier molecular flexibility index (Phi) is 5.18. The zero-order chi connectivity index (χ0) is 24.1. The van der Waals surface area contributed by atoms with Crippen LogP contribution in [-0.2, 0) is 16.1 Å². The molecule has 0 bridgehead atoms. The van der Waals surface area contributed by atoms with E-state index in [1.807, 2.05) is 0 Å². The topological polar surface area (TPSA) is 102 Å². The Bertz CT molecular complexity index is 1420. The van der Waals surface area contributed by atoms with Crippen LogP contribution >= 0.6 is 0 Å². The highest BCUT2D eigenvalue weighted by atomic mass is 19.1. The highest BCUT2D eigenvalue weighted by Crippen LogP contribution is 2.35. The van der Waals surface area contributed by atoms with Crippen LogP contribution in [0.25, 0.3) is 10.9 Å². The van der Waals surface area contributed by atoms with Crippen LogP contribution in [0.1, 0.15) is 17.9 Å². The summed E-state index contributed by atoms with van der Waals surface area (Å²) in [5, 5.41) is 6.93. The van der Waals surface area contributed by atoms with Gasteiger partial charge in [0.05, 0.1) is 17.7 Å². The Morgan fingerprint density at radius 3 is 2.83 bits per heavy atom. The third-order valence-electron chi connectivity index (χ3n) is 6.76. The number of benzene rings is 2. The number of cyclic esters (lactones) is 1. The molecule has 2 amide bonds. The molecule has 10 heteroatoms. The summed E-state index contributed by atoms with van der Waals surface area (Å²) in [6.45, 7) is 1.86. The zero-order valence-electron chi connectivity index (χ0n) is 18.8. The predicted molar refractivity (Wildman–Crippen MR) is 127 cm³/mol. The number of aromatic nitrogens is 1. The first-order valence-corrected chi connectivity index (χ1v) is 11.6. The summed E-state index contributed by atoms with van der Waals surface area (Å²) in [4.78, 5) is 37.8. The number of carbonyl (C=O) groups is 2. The highest BCUT2D eigenvalue weighted by molar-refractivity contribution is 5.97. The van der Waals surface area contributed by atoms with Gasteiger partial charge >= 0.3 is 6.09 Å². The second kappa shape index (κ2) is 8.38. The predicted octanol–water partition coefficient (Wildman–Crippen LogP) is 2.57. The van der Waals surface area contributed by atoms with Crippen LogP contribution in [0.3, 0.4) is 0 Å². The molecule has 1 unspecified atom stereocenters. The quantitative estimate of drug-likeness (QED) is 0.528. The molecule has 3 aliphatic rings. The summed E-state index contributed by atoms with van der Waals surface area (Å²) in [5.41, 5.74) is 2.27. The maximum absolute atomic E-state index is 14.6. The number of hydrogen-bond donors (Lipinski definition) is 2. The molecule has 4 heterocycles. The van der Waals surface area contributed by atoms with Crippen molar-refractivity contribution in [2.45, 2.75) is 25.0 Å². The molecule has 180 valence electrons. The number of halogens is 1. The maximum atomic E-state index is 14.6. The second-order valence-corrected chi connectivity index (χ2v) is 9.00. The van der Waals surface area contributed by atoms with E-state index in [0.717, 1.165) is 5.39 Å². The summed E-state index contributed by atoms with van der Waals surface area (Å²) in [6.07, 6.45) is -0.169. The number of nitrogens with one attached hydrogen (secondary N) is 2. The van der Waals surface area contributed by atoms with Gasteiger partial charge in [0, 0.05) is 36.3 Å². The molecule has 2 aromatic carbocycles. The van der Waals surface area contributed by atoms with Crippen molar-refractivity contribution < 1.29 is 23.5 Å².